The van der Waals surface area contributed by atoms with E-state index in [9.17, 15) is 10.1 Å². The molecule has 1 aliphatic carbocycles. The molecule has 2 fully saturated rings. The first-order chi connectivity index (χ1) is 8.63. The maximum atomic E-state index is 12.6. The first-order valence-corrected chi connectivity index (χ1v) is 7.04. The molecule has 4 heteroatoms. The van der Waals surface area contributed by atoms with Gasteiger partial charge in [0.1, 0.15) is 5.41 Å². The zero-order chi connectivity index (χ0) is 13.2. The van der Waals surface area contributed by atoms with E-state index in [4.69, 9.17) is 0 Å². The molecular weight excluding hydrogens is 226 g/mol. The number of nitriles is 1. The molecule has 0 radical (unpaired) electrons. The number of carbonyl (C=O) groups excluding carboxylic acids is 1. The molecule has 1 unspecified atom stereocenters. The van der Waals surface area contributed by atoms with E-state index in [-0.39, 0.29) is 11.9 Å². The highest BCUT2D eigenvalue weighted by Crippen LogP contribution is 2.42. The van der Waals surface area contributed by atoms with E-state index >= 15 is 0 Å². The minimum atomic E-state index is -0.684. The van der Waals surface area contributed by atoms with Crippen LogP contribution in [0.1, 0.15) is 39.0 Å². The number of hydrogen-bond donors (Lipinski definition) is 0. The summed E-state index contributed by atoms with van der Waals surface area (Å²) in [4.78, 5) is 16.9. The Bertz CT molecular complexity index is 357. The summed E-state index contributed by atoms with van der Waals surface area (Å²) in [7, 11) is 2.11. The number of rotatable bonds is 2. The molecule has 2 rings (SSSR count). The van der Waals surface area contributed by atoms with Gasteiger partial charge in [0, 0.05) is 19.1 Å². The number of hydrogen-bond acceptors (Lipinski definition) is 3. The maximum absolute atomic E-state index is 12.6. The molecule has 1 heterocycles. The topological polar surface area (TPSA) is 47.3 Å². The van der Waals surface area contributed by atoms with Crippen LogP contribution in [0.15, 0.2) is 0 Å². The molecule has 0 aromatic heterocycles. The molecular formula is C14H23N3O. The molecule has 0 spiro atoms. The standard InChI is InChI=1S/C14H23N3O/c1-3-12-10-16(2)8-5-9-17(12)13(18)14(11-15)6-4-7-14/h12H,3-10H2,1-2H3. The summed E-state index contributed by atoms with van der Waals surface area (Å²) in [5.41, 5.74) is -0.684. The second kappa shape index (κ2) is 5.27. The average molecular weight is 249 g/mol. The minimum Gasteiger partial charge on any atom is -0.337 e. The Labute approximate surface area is 110 Å². The van der Waals surface area contributed by atoms with Gasteiger partial charge in [-0.05, 0) is 45.7 Å². The van der Waals surface area contributed by atoms with E-state index in [1.54, 1.807) is 0 Å². The predicted octanol–water partition coefficient (Wildman–Crippen LogP) is 1.62. The van der Waals surface area contributed by atoms with Gasteiger partial charge in [-0.1, -0.05) is 6.92 Å². The Morgan fingerprint density at radius 2 is 2.11 bits per heavy atom. The molecule has 1 aliphatic heterocycles. The van der Waals surface area contributed by atoms with Gasteiger partial charge in [-0.15, -0.1) is 0 Å². The zero-order valence-electron chi connectivity index (χ0n) is 11.5. The Balaban J connectivity index is 2.14. The van der Waals surface area contributed by atoms with Crippen molar-refractivity contribution in [2.45, 2.75) is 45.1 Å². The SMILES string of the molecule is CCC1CN(C)CCCN1C(=O)C1(C#N)CCC1. The van der Waals surface area contributed by atoms with Crippen molar-refractivity contribution in [2.24, 2.45) is 5.41 Å². The first-order valence-electron chi connectivity index (χ1n) is 7.04. The molecule has 18 heavy (non-hydrogen) atoms. The van der Waals surface area contributed by atoms with E-state index in [0.717, 1.165) is 51.7 Å². The lowest BCUT2D eigenvalue weighted by atomic mass is 9.68. The van der Waals surface area contributed by atoms with Crippen molar-refractivity contribution < 1.29 is 4.79 Å². The number of likely N-dealkylation sites (N-methyl/N-ethyl adjacent to an activating group) is 1. The zero-order valence-corrected chi connectivity index (χ0v) is 11.5. The Morgan fingerprint density at radius 3 is 2.61 bits per heavy atom. The van der Waals surface area contributed by atoms with Crippen LogP contribution < -0.4 is 0 Å². The van der Waals surface area contributed by atoms with Gasteiger partial charge in [0.05, 0.1) is 6.07 Å². The quantitative estimate of drug-likeness (QED) is 0.747. The van der Waals surface area contributed by atoms with Gasteiger partial charge in [0.15, 0.2) is 0 Å². The van der Waals surface area contributed by atoms with Crippen molar-refractivity contribution in [1.82, 2.24) is 9.80 Å². The highest BCUT2D eigenvalue weighted by molar-refractivity contribution is 5.86. The Kier molecular flexibility index (Phi) is 3.91. The highest BCUT2D eigenvalue weighted by Gasteiger charge is 2.48. The van der Waals surface area contributed by atoms with Crippen molar-refractivity contribution >= 4 is 5.91 Å². The van der Waals surface area contributed by atoms with Gasteiger partial charge in [-0.3, -0.25) is 4.79 Å². The molecule has 0 aromatic carbocycles. The number of carbonyl (C=O) groups is 1. The van der Waals surface area contributed by atoms with Crippen LogP contribution in [0, 0.1) is 16.7 Å². The lowest BCUT2D eigenvalue weighted by Gasteiger charge is -2.40. The summed E-state index contributed by atoms with van der Waals surface area (Å²) in [5, 5.41) is 9.31. The van der Waals surface area contributed by atoms with Crippen LogP contribution in [0.3, 0.4) is 0 Å². The summed E-state index contributed by atoms with van der Waals surface area (Å²) < 4.78 is 0. The minimum absolute atomic E-state index is 0.0957. The second-order valence-electron chi connectivity index (χ2n) is 5.72. The molecule has 1 saturated heterocycles. The monoisotopic (exact) mass is 249 g/mol. The third-order valence-corrected chi connectivity index (χ3v) is 4.46. The summed E-state index contributed by atoms with van der Waals surface area (Å²) >= 11 is 0. The smallest absolute Gasteiger partial charge is 0.243 e. The van der Waals surface area contributed by atoms with Crippen LogP contribution in [0.25, 0.3) is 0 Å². The normalized spacial score (nSPS) is 28.1. The molecule has 4 nitrogen and oxygen atoms in total. The number of amides is 1. The van der Waals surface area contributed by atoms with Crippen molar-refractivity contribution in [2.75, 3.05) is 26.7 Å². The van der Waals surface area contributed by atoms with Crippen molar-refractivity contribution in [3.8, 4) is 6.07 Å². The molecule has 1 atom stereocenters. The first kappa shape index (κ1) is 13.4. The van der Waals surface area contributed by atoms with E-state index < -0.39 is 5.41 Å². The van der Waals surface area contributed by atoms with Crippen LogP contribution in [0.2, 0.25) is 0 Å². The molecule has 0 bridgehead atoms. The summed E-state index contributed by atoms with van der Waals surface area (Å²) in [6.45, 7) is 4.92. The van der Waals surface area contributed by atoms with Crippen LogP contribution >= 0.6 is 0 Å². The third-order valence-electron chi connectivity index (χ3n) is 4.46. The maximum Gasteiger partial charge on any atom is 0.243 e. The Morgan fingerprint density at radius 1 is 1.39 bits per heavy atom. The van der Waals surface area contributed by atoms with Crippen LogP contribution in [-0.4, -0.2) is 48.4 Å². The fraction of sp³-hybridized carbons (Fsp3) is 0.857. The third kappa shape index (κ3) is 2.24. The van der Waals surface area contributed by atoms with E-state index in [1.165, 1.54) is 0 Å². The Hall–Kier alpha value is -1.08. The van der Waals surface area contributed by atoms with Crippen LogP contribution in [0.4, 0.5) is 0 Å². The fourth-order valence-electron chi connectivity index (χ4n) is 3.04. The highest BCUT2D eigenvalue weighted by atomic mass is 16.2. The van der Waals surface area contributed by atoms with Gasteiger partial charge < -0.3 is 9.80 Å². The fourth-order valence-corrected chi connectivity index (χ4v) is 3.04. The van der Waals surface area contributed by atoms with E-state index in [0.29, 0.717) is 0 Å². The van der Waals surface area contributed by atoms with Gasteiger partial charge in [-0.25, -0.2) is 0 Å². The summed E-state index contributed by atoms with van der Waals surface area (Å²) in [6.07, 6.45) is 4.51. The van der Waals surface area contributed by atoms with Crippen molar-refractivity contribution in [1.29, 1.82) is 5.26 Å². The lowest BCUT2D eigenvalue weighted by molar-refractivity contribution is -0.145. The molecule has 0 aromatic rings. The predicted molar refractivity (Wildman–Crippen MR) is 69.8 cm³/mol. The van der Waals surface area contributed by atoms with Gasteiger partial charge >= 0.3 is 0 Å². The van der Waals surface area contributed by atoms with Gasteiger partial charge in [0.25, 0.3) is 0 Å². The molecule has 1 saturated carbocycles. The van der Waals surface area contributed by atoms with Gasteiger partial charge in [-0.2, -0.15) is 5.26 Å². The molecule has 1 amide bonds. The largest absolute Gasteiger partial charge is 0.337 e. The van der Waals surface area contributed by atoms with Crippen molar-refractivity contribution in [3.05, 3.63) is 0 Å². The molecule has 2 aliphatic rings. The average Bonchev–Trinajstić information content (AvgIpc) is 2.49. The van der Waals surface area contributed by atoms with Crippen molar-refractivity contribution in [3.63, 3.8) is 0 Å². The van der Waals surface area contributed by atoms with Crippen LogP contribution in [-0.2, 0) is 4.79 Å². The van der Waals surface area contributed by atoms with Gasteiger partial charge in [0.2, 0.25) is 5.91 Å². The second-order valence-corrected chi connectivity index (χ2v) is 5.72. The molecule has 0 N–H and O–H groups in total. The molecule has 100 valence electrons. The van der Waals surface area contributed by atoms with E-state index in [2.05, 4.69) is 24.9 Å². The lowest BCUT2D eigenvalue weighted by Crippen LogP contribution is -2.52. The number of nitrogens with zero attached hydrogens (tertiary/aromatic N) is 3. The summed E-state index contributed by atoms with van der Waals surface area (Å²) in [5.74, 6) is 0.0957. The van der Waals surface area contributed by atoms with E-state index in [1.807, 2.05) is 4.90 Å². The van der Waals surface area contributed by atoms with Crippen LogP contribution in [0.5, 0.6) is 0 Å². The summed E-state index contributed by atoms with van der Waals surface area (Å²) in [6, 6.07) is 2.56.